The van der Waals surface area contributed by atoms with E-state index >= 15 is 0 Å². The van der Waals surface area contributed by atoms with Crippen molar-refractivity contribution in [3.05, 3.63) is 113 Å². The van der Waals surface area contributed by atoms with Crippen LogP contribution in [0.25, 0.3) is 16.9 Å². The van der Waals surface area contributed by atoms with Gasteiger partial charge in [0, 0.05) is 11.3 Å². The third-order valence-electron chi connectivity index (χ3n) is 5.08. The first-order chi connectivity index (χ1) is 14.6. The lowest BCUT2D eigenvalue weighted by molar-refractivity contribution is 0.130. The highest BCUT2D eigenvalue weighted by atomic mass is 35.5. The second kappa shape index (κ2) is 9.02. The number of para-hydroxylation sites is 1. The highest BCUT2D eigenvalue weighted by Gasteiger charge is 2.18. The predicted molar refractivity (Wildman–Crippen MR) is 124 cm³/mol. The molecular formula is C26H23ClN2O. The third-order valence-corrected chi connectivity index (χ3v) is 5.39. The molecule has 0 N–H and O–H groups in total. The number of halogens is 1. The van der Waals surface area contributed by atoms with Crippen molar-refractivity contribution in [2.45, 2.75) is 20.5 Å². The van der Waals surface area contributed by atoms with Gasteiger partial charge in [-0.1, -0.05) is 89.6 Å². The molecule has 0 aliphatic rings. The lowest BCUT2D eigenvalue weighted by Crippen LogP contribution is -2.03. The molecule has 0 fully saturated rings. The Morgan fingerprint density at radius 3 is 2.23 bits per heavy atom. The zero-order valence-electron chi connectivity index (χ0n) is 17.0. The first kappa shape index (κ1) is 20.0. The standard InChI is InChI=1S/C26H23ClN2O/c1-19(28-30-18-21-11-5-3-6-12-21)23-17-26(22-13-7-4-8-14-22)29(20(23)2)25-16-10-9-15-24(25)27/h3-17H,18H2,1-2H3/b28-19+. The molecule has 30 heavy (non-hydrogen) atoms. The van der Waals surface area contributed by atoms with E-state index in [2.05, 4.69) is 34.8 Å². The molecule has 0 saturated heterocycles. The van der Waals surface area contributed by atoms with E-state index in [9.17, 15) is 0 Å². The van der Waals surface area contributed by atoms with Crippen LogP contribution in [0.4, 0.5) is 0 Å². The topological polar surface area (TPSA) is 26.5 Å². The van der Waals surface area contributed by atoms with E-state index in [0.29, 0.717) is 11.6 Å². The van der Waals surface area contributed by atoms with Gasteiger partial charge in [-0.15, -0.1) is 0 Å². The summed E-state index contributed by atoms with van der Waals surface area (Å²) in [6, 6.07) is 30.4. The van der Waals surface area contributed by atoms with Crippen molar-refractivity contribution < 1.29 is 4.84 Å². The van der Waals surface area contributed by atoms with Crippen LogP contribution < -0.4 is 0 Å². The minimum absolute atomic E-state index is 0.438. The average Bonchev–Trinajstić information content (AvgIpc) is 3.12. The van der Waals surface area contributed by atoms with Crippen molar-refractivity contribution in [3.8, 4) is 16.9 Å². The smallest absolute Gasteiger partial charge is 0.142 e. The second-order valence-corrected chi connectivity index (χ2v) is 7.52. The van der Waals surface area contributed by atoms with Gasteiger partial charge in [-0.3, -0.25) is 0 Å². The number of aromatic nitrogens is 1. The maximum absolute atomic E-state index is 6.55. The largest absolute Gasteiger partial charge is 0.391 e. The number of hydrogen-bond donors (Lipinski definition) is 0. The van der Waals surface area contributed by atoms with Crippen molar-refractivity contribution in [2.75, 3.05) is 0 Å². The Hall–Kier alpha value is -3.30. The molecule has 4 rings (SSSR count). The Morgan fingerprint density at radius 1 is 0.900 bits per heavy atom. The van der Waals surface area contributed by atoms with Gasteiger partial charge in [0.25, 0.3) is 0 Å². The normalized spacial score (nSPS) is 11.5. The van der Waals surface area contributed by atoms with Crippen LogP contribution in [0.5, 0.6) is 0 Å². The molecule has 0 unspecified atom stereocenters. The van der Waals surface area contributed by atoms with Crippen LogP contribution in [0.15, 0.2) is 96.2 Å². The molecule has 150 valence electrons. The van der Waals surface area contributed by atoms with Crippen LogP contribution in [-0.2, 0) is 11.4 Å². The van der Waals surface area contributed by atoms with Gasteiger partial charge in [-0.25, -0.2) is 0 Å². The van der Waals surface area contributed by atoms with E-state index < -0.39 is 0 Å². The molecule has 0 saturated carbocycles. The molecule has 1 heterocycles. The number of hydrogen-bond acceptors (Lipinski definition) is 2. The van der Waals surface area contributed by atoms with E-state index in [0.717, 1.165) is 39.5 Å². The van der Waals surface area contributed by atoms with E-state index in [4.69, 9.17) is 16.4 Å². The van der Waals surface area contributed by atoms with Crippen molar-refractivity contribution in [1.29, 1.82) is 0 Å². The first-order valence-corrected chi connectivity index (χ1v) is 10.3. The predicted octanol–water partition coefficient (Wildman–Crippen LogP) is 7.05. The molecule has 1 aromatic heterocycles. The fraction of sp³-hybridized carbons (Fsp3) is 0.115. The van der Waals surface area contributed by atoms with Crippen LogP contribution in [0.2, 0.25) is 5.02 Å². The first-order valence-electron chi connectivity index (χ1n) is 9.88. The highest BCUT2D eigenvalue weighted by Crippen LogP contribution is 2.32. The zero-order chi connectivity index (χ0) is 20.9. The van der Waals surface area contributed by atoms with Gasteiger partial charge >= 0.3 is 0 Å². The molecule has 0 bridgehead atoms. The quantitative estimate of drug-likeness (QED) is 0.245. The molecule has 4 heteroatoms. The number of rotatable bonds is 6. The summed E-state index contributed by atoms with van der Waals surface area (Å²) in [7, 11) is 0. The van der Waals surface area contributed by atoms with Gasteiger partial charge in [0.1, 0.15) is 6.61 Å². The molecule has 0 aliphatic carbocycles. The molecule has 4 aromatic rings. The Morgan fingerprint density at radius 2 is 1.53 bits per heavy atom. The van der Waals surface area contributed by atoms with Crippen LogP contribution >= 0.6 is 11.6 Å². The van der Waals surface area contributed by atoms with E-state index in [1.165, 1.54) is 0 Å². The SMILES string of the molecule is C/C(=N\OCc1ccccc1)c1cc(-c2ccccc2)n(-c2ccccc2Cl)c1C. The van der Waals surface area contributed by atoms with E-state index in [-0.39, 0.29) is 0 Å². The van der Waals surface area contributed by atoms with Crippen LogP contribution in [0.1, 0.15) is 23.7 Å². The summed E-state index contributed by atoms with van der Waals surface area (Å²) in [5, 5.41) is 5.09. The van der Waals surface area contributed by atoms with E-state index in [1.54, 1.807) is 0 Å². The summed E-state index contributed by atoms with van der Waals surface area (Å²) in [4.78, 5) is 5.63. The lowest BCUT2D eigenvalue weighted by Gasteiger charge is -2.14. The molecule has 3 aromatic carbocycles. The lowest BCUT2D eigenvalue weighted by atomic mass is 10.1. The van der Waals surface area contributed by atoms with Crippen molar-refractivity contribution in [3.63, 3.8) is 0 Å². The van der Waals surface area contributed by atoms with Crippen LogP contribution in [0, 0.1) is 6.92 Å². The van der Waals surface area contributed by atoms with Gasteiger partial charge in [0.05, 0.1) is 22.1 Å². The molecule has 0 amide bonds. The molecule has 0 atom stereocenters. The summed E-state index contributed by atoms with van der Waals surface area (Å²) in [5.41, 5.74) is 7.13. The fourth-order valence-electron chi connectivity index (χ4n) is 3.56. The second-order valence-electron chi connectivity index (χ2n) is 7.12. The molecular weight excluding hydrogens is 392 g/mol. The minimum atomic E-state index is 0.438. The third kappa shape index (κ3) is 4.17. The van der Waals surface area contributed by atoms with Crippen molar-refractivity contribution in [2.24, 2.45) is 5.16 Å². The molecule has 0 radical (unpaired) electrons. The van der Waals surface area contributed by atoms with Gasteiger partial charge in [0.15, 0.2) is 0 Å². The monoisotopic (exact) mass is 414 g/mol. The van der Waals surface area contributed by atoms with Gasteiger partial charge in [0.2, 0.25) is 0 Å². The van der Waals surface area contributed by atoms with Gasteiger partial charge in [-0.05, 0) is 43.2 Å². The Kier molecular flexibility index (Phi) is 6.01. The number of oxime groups is 1. The summed E-state index contributed by atoms with van der Waals surface area (Å²) in [6.07, 6.45) is 0. The summed E-state index contributed by atoms with van der Waals surface area (Å²) in [6.45, 7) is 4.49. The molecule has 3 nitrogen and oxygen atoms in total. The van der Waals surface area contributed by atoms with E-state index in [1.807, 2.05) is 79.7 Å². The summed E-state index contributed by atoms with van der Waals surface area (Å²) in [5.74, 6) is 0. The molecule has 0 aliphatic heterocycles. The minimum Gasteiger partial charge on any atom is -0.391 e. The Labute approximate surface area is 182 Å². The zero-order valence-corrected chi connectivity index (χ0v) is 17.8. The molecule has 0 spiro atoms. The van der Waals surface area contributed by atoms with Crippen LogP contribution in [0.3, 0.4) is 0 Å². The van der Waals surface area contributed by atoms with Crippen LogP contribution in [-0.4, -0.2) is 10.3 Å². The van der Waals surface area contributed by atoms with Crippen molar-refractivity contribution >= 4 is 17.3 Å². The van der Waals surface area contributed by atoms with Crippen molar-refractivity contribution in [1.82, 2.24) is 4.57 Å². The number of benzene rings is 3. The average molecular weight is 415 g/mol. The summed E-state index contributed by atoms with van der Waals surface area (Å²) < 4.78 is 2.18. The van der Waals surface area contributed by atoms with Gasteiger partial charge in [-0.2, -0.15) is 0 Å². The summed E-state index contributed by atoms with van der Waals surface area (Å²) >= 11 is 6.55. The number of nitrogens with zero attached hydrogens (tertiary/aromatic N) is 2. The highest BCUT2D eigenvalue weighted by molar-refractivity contribution is 6.32. The fourth-order valence-corrected chi connectivity index (χ4v) is 3.79. The maximum atomic E-state index is 6.55. The Bertz CT molecular complexity index is 1160. The Balaban J connectivity index is 1.74. The van der Waals surface area contributed by atoms with Gasteiger partial charge < -0.3 is 9.40 Å². The maximum Gasteiger partial charge on any atom is 0.142 e.